The van der Waals surface area contributed by atoms with Gasteiger partial charge in [-0.2, -0.15) is 0 Å². The second kappa shape index (κ2) is 16.4. The molecule has 0 heterocycles. The number of alkyl halides is 6. The SMILES string of the molecule is CCCCC1C=C(C(C)(C)C)C=[C]1[Zr+2](=[C](c1cccc(C(F)(F)F)c1)c1cccc(C(F)(F)F)c1)[CH]1c2cc(C)c(C)cc2-c2cc(C)c(C)cc21.[Cl-].[Cl-]. The first kappa shape index (κ1) is 44.0. The zero-order valence-corrected chi connectivity index (χ0v) is 35.9. The first-order chi connectivity index (χ1) is 24.3. The Morgan fingerprint density at radius 3 is 1.50 bits per heavy atom. The molecule has 9 heteroatoms. The van der Waals surface area contributed by atoms with Crippen LogP contribution in [0.15, 0.2) is 93.8 Å². The van der Waals surface area contributed by atoms with Crippen molar-refractivity contribution in [3.8, 4) is 11.1 Å². The van der Waals surface area contributed by atoms with E-state index in [-0.39, 0.29) is 39.8 Å². The van der Waals surface area contributed by atoms with Gasteiger partial charge in [0.2, 0.25) is 0 Å². The van der Waals surface area contributed by atoms with Crippen molar-refractivity contribution in [3.05, 3.63) is 149 Å². The molecule has 0 radical (unpaired) electrons. The van der Waals surface area contributed by atoms with Crippen molar-refractivity contribution < 1.29 is 72.4 Å². The number of unbranched alkanes of at least 4 members (excludes halogenated alkanes) is 1. The maximum atomic E-state index is 14.4. The summed E-state index contributed by atoms with van der Waals surface area (Å²) in [6.45, 7) is 17.0. The van der Waals surface area contributed by atoms with E-state index >= 15 is 0 Å². The number of allylic oxidation sites excluding steroid dienone is 4. The van der Waals surface area contributed by atoms with Gasteiger partial charge >= 0.3 is 313 Å². The van der Waals surface area contributed by atoms with Crippen LogP contribution in [-0.2, 0) is 33.6 Å². The maximum Gasteiger partial charge on any atom is -1.00 e. The molecular formula is C45H46Cl2F6Zr. The van der Waals surface area contributed by atoms with Gasteiger partial charge in [-0.25, -0.2) is 0 Å². The normalized spacial score (nSPS) is 15.3. The Hall–Kier alpha value is -2.73. The monoisotopic (exact) mass is 860 g/mol. The summed E-state index contributed by atoms with van der Waals surface area (Å²) >= 11 is -3.75. The van der Waals surface area contributed by atoms with E-state index in [1.807, 2.05) is 0 Å². The fourth-order valence-corrected chi connectivity index (χ4v) is 17.3. The summed E-state index contributed by atoms with van der Waals surface area (Å²) in [5.74, 6) is 0.0424. The van der Waals surface area contributed by atoms with Crippen molar-refractivity contribution in [2.24, 2.45) is 11.3 Å². The van der Waals surface area contributed by atoms with E-state index in [0.717, 1.165) is 75.9 Å². The largest absolute Gasteiger partial charge is 1.00 e. The van der Waals surface area contributed by atoms with Crippen molar-refractivity contribution in [1.82, 2.24) is 0 Å². The van der Waals surface area contributed by atoms with Gasteiger partial charge in [0.05, 0.1) is 0 Å². The molecule has 1 atom stereocenters. The molecule has 0 nitrogen and oxygen atoms in total. The second-order valence-corrected chi connectivity index (χ2v) is 21.7. The van der Waals surface area contributed by atoms with Crippen LogP contribution in [0.1, 0.15) is 106 Å². The Morgan fingerprint density at radius 1 is 0.648 bits per heavy atom. The van der Waals surface area contributed by atoms with Crippen molar-refractivity contribution in [3.63, 3.8) is 0 Å². The number of rotatable bonds is 7. The van der Waals surface area contributed by atoms with Gasteiger partial charge < -0.3 is 24.8 Å². The topological polar surface area (TPSA) is 0 Å². The molecule has 0 fully saturated rings. The number of aryl methyl sites for hydroxylation is 4. The Balaban J connectivity index is 0.00000325. The van der Waals surface area contributed by atoms with Crippen LogP contribution in [0.4, 0.5) is 26.3 Å². The van der Waals surface area contributed by atoms with Crippen molar-refractivity contribution >= 4 is 3.21 Å². The first-order valence-electron chi connectivity index (χ1n) is 18.1. The van der Waals surface area contributed by atoms with Crippen molar-refractivity contribution in [2.75, 3.05) is 0 Å². The number of hydrogen-bond acceptors (Lipinski definition) is 0. The number of fused-ring (bicyclic) bond motifs is 3. The molecule has 0 bridgehead atoms. The second-order valence-electron chi connectivity index (χ2n) is 15.6. The molecule has 0 saturated heterocycles. The van der Waals surface area contributed by atoms with Crippen LogP contribution in [0.25, 0.3) is 11.1 Å². The average Bonchev–Trinajstić information content (AvgIpc) is 3.61. The molecule has 0 saturated carbocycles. The van der Waals surface area contributed by atoms with E-state index in [4.69, 9.17) is 0 Å². The van der Waals surface area contributed by atoms with Gasteiger partial charge in [0.1, 0.15) is 0 Å². The molecule has 4 aromatic carbocycles. The summed E-state index contributed by atoms with van der Waals surface area (Å²) in [6.07, 6.45) is -1.78. The molecule has 1 unspecified atom stereocenters. The van der Waals surface area contributed by atoms with E-state index in [0.29, 0.717) is 14.3 Å². The Kier molecular flexibility index (Phi) is 13.4. The van der Waals surface area contributed by atoms with Gasteiger partial charge in [-0.05, 0) is 0 Å². The predicted octanol–water partition coefficient (Wildman–Crippen LogP) is 7.60. The molecule has 6 rings (SSSR count). The van der Waals surface area contributed by atoms with Crippen LogP contribution >= 0.6 is 0 Å². The quantitative estimate of drug-likeness (QED) is 0.168. The van der Waals surface area contributed by atoms with E-state index in [2.05, 4.69) is 91.8 Å². The summed E-state index contributed by atoms with van der Waals surface area (Å²) < 4.78 is 88.3. The molecule has 0 aromatic heterocycles. The summed E-state index contributed by atoms with van der Waals surface area (Å²) in [4.78, 5) is 0. The van der Waals surface area contributed by atoms with Crippen LogP contribution in [-0.4, -0.2) is 3.21 Å². The number of hydrogen-bond donors (Lipinski definition) is 0. The van der Waals surface area contributed by atoms with E-state index < -0.39 is 44.7 Å². The number of halogens is 8. The van der Waals surface area contributed by atoms with Gasteiger partial charge in [0.25, 0.3) is 0 Å². The van der Waals surface area contributed by atoms with E-state index in [1.54, 1.807) is 12.1 Å². The van der Waals surface area contributed by atoms with Crippen molar-refractivity contribution in [1.29, 1.82) is 0 Å². The van der Waals surface area contributed by atoms with Crippen LogP contribution in [0, 0.1) is 39.0 Å². The van der Waals surface area contributed by atoms with E-state index in [1.165, 1.54) is 33.1 Å². The van der Waals surface area contributed by atoms with Gasteiger partial charge in [-0.1, -0.05) is 0 Å². The molecule has 2 aliphatic carbocycles. The van der Waals surface area contributed by atoms with Crippen LogP contribution in [0.2, 0.25) is 0 Å². The van der Waals surface area contributed by atoms with Crippen LogP contribution in [0.5, 0.6) is 0 Å². The third-order valence-electron chi connectivity index (χ3n) is 10.9. The predicted molar refractivity (Wildman–Crippen MR) is 197 cm³/mol. The minimum Gasteiger partial charge on any atom is -1.00 e. The summed E-state index contributed by atoms with van der Waals surface area (Å²) in [5.41, 5.74) is 9.09. The smallest absolute Gasteiger partial charge is 1.00 e. The summed E-state index contributed by atoms with van der Waals surface area (Å²) in [6, 6.07) is 19.5. The molecule has 0 spiro atoms. The minimum atomic E-state index is -4.62. The summed E-state index contributed by atoms with van der Waals surface area (Å²) in [5, 5.41) is 0. The standard InChI is InChI=1S/C17H17.C15H8F6.C13H21.2ClH.Zr/c1-10-5-14-9-15-6-11(2)13(4)8-17(15)16(14)7-12(10)3;16-14(17,18)12-5-1-3-10(8-12)7-11-4-2-6-13(9-11)15(19,20)21;1-5-6-7-11-8-9-12(10-11)13(2,3)4;;;/h5-9H,1-4H3;1-6,8-9H;9-11H,5-7H2,1-4H3;2*1H;/q;;;;;+2/p-2. The molecule has 0 aliphatic heterocycles. The fraction of sp³-hybridized carbons (Fsp3) is 0.356. The van der Waals surface area contributed by atoms with E-state index in [9.17, 15) is 26.3 Å². The molecule has 54 heavy (non-hydrogen) atoms. The average molecular weight is 863 g/mol. The number of benzene rings is 4. The third-order valence-corrected chi connectivity index (χ3v) is 19.4. The third kappa shape index (κ3) is 8.64. The zero-order valence-electron chi connectivity index (χ0n) is 31.9. The molecule has 0 amide bonds. The van der Waals surface area contributed by atoms with Gasteiger partial charge in [0, 0.05) is 0 Å². The van der Waals surface area contributed by atoms with Crippen LogP contribution in [0.3, 0.4) is 0 Å². The Labute approximate surface area is 336 Å². The molecule has 2 aliphatic rings. The molecular weight excluding hydrogens is 817 g/mol. The minimum absolute atomic E-state index is 0. The molecule has 4 aromatic rings. The maximum absolute atomic E-state index is 14.4. The molecule has 0 N–H and O–H groups in total. The van der Waals surface area contributed by atoms with Gasteiger partial charge in [-0.3, -0.25) is 0 Å². The summed E-state index contributed by atoms with van der Waals surface area (Å²) in [7, 11) is 0. The van der Waals surface area contributed by atoms with Crippen LogP contribution < -0.4 is 24.8 Å². The van der Waals surface area contributed by atoms with Crippen molar-refractivity contribution in [2.45, 2.75) is 90.6 Å². The zero-order chi connectivity index (χ0) is 37.9. The first-order valence-corrected chi connectivity index (χ1v) is 21.9. The fourth-order valence-electron chi connectivity index (χ4n) is 7.77. The molecule has 286 valence electrons. The van der Waals surface area contributed by atoms with Gasteiger partial charge in [0.15, 0.2) is 0 Å². The Bertz CT molecular complexity index is 2030. The van der Waals surface area contributed by atoms with Gasteiger partial charge in [-0.15, -0.1) is 0 Å². The Morgan fingerprint density at radius 2 is 1.09 bits per heavy atom.